The molecule has 7 heteroatoms. The molecule has 2 aromatic heterocycles. The molecule has 0 saturated carbocycles. The number of carbonyl (C=O) groups excluding carboxylic acids is 2. The Morgan fingerprint density at radius 2 is 2.04 bits per heavy atom. The second kappa shape index (κ2) is 7.26. The van der Waals surface area contributed by atoms with Crippen molar-refractivity contribution in [3.8, 4) is 0 Å². The number of likely N-dealkylation sites (N-methyl/N-ethyl adjacent to an activating group) is 1. The Hall–Kier alpha value is -2.90. The molecule has 28 heavy (non-hydrogen) atoms. The molecule has 6 nitrogen and oxygen atoms in total. The maximum Gasteiger partial charge on any atom is 0.290 e. The zero-order valence-electron chi connectivity index (χ0n) is 15.7. The first-order chi connectivity index (χ1) is 13.5. The SMILES string of the molecule is CN(C)CCN1C(=O)C(O)=C(C(=O)c2cccs2)C1c1c[nH]c2ccccc12. The fourth-order valence-corrected chi connectivity index (χ4v) is 4.29. The molecule has 1 aliphatic rings. The van der Waals surface area contributed by atoms with Crippen molar-refractivity contribution in [3.05, 3.63) is 69.7 Å². The number of fused-ring (bicyclic) bond motifs is 1. The highest BCUT2D eigenvalue weighted by Crippen LogP contribution is 2.41. The maximum absolute atomic E-state index is 13.2. The van der Waals surface area contributed by atoms with Crippen LogP contribution in [0.3, 0.4) is 0 Å². The lowest BCUT2D eigenvalue weighted by molar-refractivity contribution is -0.129. The minimum atomic E-state index is -0.627. The highest BCUT2D eigenvalue weighted by molar-refractivity contribution is 7.12. The minimum Gasteiger partial charge on any atom is -0.503 e. The van der Waals surface area contributed by atoms with Crippen molar-refractivity contribution < 1.29 is 14.7 Å². The van der Waals surface area contributed by atoms with Gasteiger partial charge in [-0.25, -0.2) is 0 Å². The van der Waals surface area contributed by atoms with Crippen molar-refractivity contribution >= 4 is 33.9 Å². The van der Waals surface area contributed by atoms with Gasteiger partial charge in [0.2, 0.25) is 5.78 Å². The Kier molecular flexibility index (Phi) is 4.78. The van der Waals surface area contributed by atoms with Crippen molar-refractivity contribution in [2.45, 2.75) is 6.04 Å². The lowest BCUT2D eigenvalue weighted by Crippen LogP contribution is -2.36. The molecule has 3 aromatic rings. The number of rotatable bonds is 6. The summed E-state index contributed by atoms with van der Waals surface area (Å²) in [6, 6.07) is 10.6. The third-order valence-corrected chi connectivity index (χ3v) is 5.87. The van der Waals surface area contributed by atoms with Gasteiger partial charge < -0.3 is 19.9 Å². The molecule has 0 aliphatic carbocycles. The van der Waals surface area contributed by atoms with Crippen LogP contribution in [-0.4, -0.2) is 58.8 Å². The average Bonchev–Trinajstić information content (AvgIpc) is 3.40. The van der Waals surface area contributed by atoms with Crippen molar-refractivity contribution in [1.82, 2.24) is 14.8 Å². The van der Waals surface area contributed by atoms with Crippen LogP contribution in [-0.2, 0) is 4.79 Å². The summed E-state index contributed by atoms with van der Waals surface area (Å²) in [7, 11) is 3.85. The number of H-pyrrole nitrogens is 1. The number of hydrogen-bond acceptors (Lipinski definition) is 5. The smallest absolute Gasteiger partial charge is 0.290 e. The van der Waals surface area contributed by atoms with Crippen LogP contribution in [0.1, 0.15) is 21.3 Å². The second-order valence-electron chi connectivity index (χ2n) is 7.06. The minimum absolute atomic E-state index is 0.149. The summed E-state index contributed by atoms with van der Waals surface area (Å²) in [5, 5.41) is 13.4. The van der Waals surface area contributed by atoms with Crippen LogP contribution in [0.15, 0.2) is 59.3 Å². The van der Waals surface area contributed by atoms with E-state index in [9.17, 15) is 14.7 Å². The molecular formula is C21H21N3O3S. The summed E-state index contributed by atoms with van der Waals surface area (Å²) in [6.45, 7) is 1.03. The van der Waals surface area contributed by atoms with Crippen LogP contribution in [0.4, 0.5) is 0 Å². The first-order valence-electron chi connectivity index (χ1n) is 9.02. The van der Waals surface area contributed by atoms with E-state index in [1.54, 1.807) is 17.0 Å². The number of nitrogens with zero attached hydrogens (tertiary/aromatic N) is 2. The molecule has 1 amide bonds. The number of aromatic amines is 1. The predicted molar refractivity (Wildman–Crippen MR) is 110 cm³/mol. The zero-order chi connectivity index (χ0) is 19.8. The normalized spacial score (nSPS) is 17.3. The number of amides is 1. The van der Waals surface area contributed by atoms with Gasteiger partial charge >= 0.3 is 0 Å². The van der Waals surface area contributed by atoms with Crippen molar-refractivity contribution in [2.24, 2.45) is 0 Å². The number of aromatic nitrogens is 1. The van der Waals surface area contributed by atoms with Crippen LogP contribution >= 0.6 is 11.3 Å². The molecule has 0 saturated heterocycles. The van der Waals surface area contributed by atoms with Crippen molar-refractivity contribution in [1.29, 1.82) is 0 Å². The lowest BCUT2D eigenvalue weighted by Gasteiger charge is -2.27. The molecule has 1 aromatic carbocycles. The number of aliphatic hydroxyl groups is 1. The van der Waals surface area contributed by atoms with Gasteiger partial charge in [0.15, 0.2) is 5.76 Å². The molecule has 2 N–H and O–H groups in total. The van der Waals surface area contributed by atoms with E-state index in [4.69, 9.17) is 0 Å². The van der Waals surface area contributed by atoms with Gasteiger partial charge in [0.1, 0.15) is 0 Å². The van der Waals surface area contributed by atoms with E-state index >= 15 is 0 Å². The number of thiophene rings is 1. The number of hydrogen-bond donors (Lipinski definition) is 2. The predicted octanol–water partition coefficient (Wildman–Crippen LogP) is 3.37. The molecule has 1 unspecified atom stereocenters. The molecular weight excluding hydrogens is 374 g/mol. The van der Waals surface area contributed by atoms with Crippen LogP contribution in [0, 0.1) is 0 Å². The summed E-state index contributed by atoms with van der Waals surface area (Å²) in [4.78, 5) is 33.3. The zero-order valence-corrected chi connectivity index (χ0v) is 16.5. The third kappa shape index (κ3) is 3.02. The Morgan fingerprint density at radius 3 is 2.75 bits per heavy atom. The van der Waals surface area contributed by atoms with E-state index in [2.05, 4.69) is 4.98 Å². The highest BCUT2D eigenvalue weighted by atomic mass is 32.1. The number of ketones is 1. The van der Waals surface area contributed by atoms with E-state index < -0.39 is 17.7 Å². The number of para-hydroxylation sites is 1. The summed E-state index contributed by atoms with van der Waals surface area (Å²) in [6.07, 6.45) is 1.82. The van der Waals surface area contributed by atoms with E-state index in [-0.39, 0.29) is 11.4 Å². The molecule has 1 aliphatic heterocycles. The van der Waals surface area contributed by atoms with E-state index in [1.807, 2.05) is 54.8 Å². The van der Waals surface area contributed by atoms with Crippen LogP contribution in [0.2, 0.25) is 0 Å². The monoisotopic (exact) mass is 395 g/mol. The van der Waals surface area contributed by atoms with Crippen molar-refractivity contribution in [3.63, 3.8) is 0 Å². The van der Waals surface area contributed by atoms with Crippen LogP contribution in [0.5, 0.6) is 0 Å². The lowest BCUT2D eigenvalue weighted by atomic mass is 9.95. The summed E-state index contributed by atoms with van der Waals surface area (Å²) >= 11 is 1.30. The van der Waals surface area contributed by atoms with E-state index in [0.717, 1.165) is 16.5 Å². The number of Topliss-reactive ketones (excluding diaryl/α,β-unsaturated/α-hetero) is 1. The quantitative estimate of drug-likeness (QED) is 0.628. The van der Waals surface area contributed by atoms with Gasteiger partial charge in [-0.15, -0.1) is 11.3 Å². The van der Waals surface area contributed by atoms with Gasteiger partial charge in [0, 0.05) is 35.8 Å². The van der Waals surface area contributed by atoms with Gasteiger partial charge in [-0.2, -0.15) is 0 Å². The van der Waals surface area contributed by atoms with Gasteiger partial charge in [-0.3, -0.25) is 9.59 Å². The molecule has 1 atom stereocenters. The molecule has 0 bridgehead atoms. The van der Waals surface area contributed by atoms with Gasteiger partial charge in [0.25, 0.3) is 5.91 Å². The molecule has 3 heterocycles. The first kappa shape index (κ1) is 18.5. The largest absolute Gasteiger partial charge is 0.503 e. The molecule has 0 spiro atoms. The van der Waals surface area contributed by atoms with Gasteiger partial charge in [0.05, 0.1) is 16.5 Å². The number of carbonyl (C=O) groups is 2. The molecule has 144 valence electrons. The molecule has 4 rings (SSSR count). The standard InChI is InChI=1S/C21H21N3O3S/c1-23(2)9-10-24-18(14-12-22-15-7-4-3-6-13(14)15)17(20(26)21(24)27)19(25)16-8-5-11-28-16/h3-8,11-12,18,22,26H,9-10H2,1-2H3. The number of nitrogens with one attached hydrogen (secondary N) is 1. The average molecular weight is 395 g/mol. The number of aliphatic hydroxyl groups excluding tert-OH is 1. The Balaban J connectivity index is 1.84. The summed E-state index contributed by atoms with van der Waals surface area (Å²) in [5.74, 6) is -1.26. The van der Waals surface area contributed by atoms with Crippen molar-refractivity contribution in [2.75, 3.05) is 27.2 Å². The Morgan fingerprint density at radius 1 is 1.25 bits per heavy atom. The van der Waals surface area contributed by atoms with Gasteiger partial charge in [-0.05, 0) is 31.6 Å². The fourth-order valence-electron chi connectivity index (χ4n) is 3.61. The highest BCUT2D eigenvalue weighted by Gasteiger charge is 2.44. The van der Waals surface area contributed by atoms with Gasteiger partial charge in [-0.1, -0.05) is 24.3 Å². The third-order valence-electron chi connectivity index (χ3n) is 5.00. The van der Waals surface area contributed by atoms with Crippen LogP contribution in [0.25, 0.3) is 10.9 Å². The molecule has 0 radical (unpaired) electrons. The second-order valence-corrected chi connectivity index (χ2v) is 8.01. The van der Waals surface area contributed by atoms with E-state index in [0.29, 0.717) is 18.0 Å². The first-order valence-corrected chi connectivity index (χ1v) is 9.90. The van der Waals surface area contributed by atoms with Crippen LogP contribution < -0.4 is 0 Å². The van der Waals surface area contributed by atoms with E-state index in [1.165, 1.54) is 11.3 Å². The summed E-state index contributed by atoms with van der Waals surface area (Å²) < 4.78 is 0. The maximum atomic E-state index is 13.2. The Bertz CT molecular complexity index is 1070. The fraction of sp³-hybridized carbons (Fsp3) is 0.238. The Labute approximate surface area is 166 Å². The topological polar surface area (TPSA) is 76.6 Å². The molecule has 0 fully saturated rings. The summed E-state index contributed by atoms with van der Waals surface area (Å²) in [5.41, 5.74) is 1.88. The number of benzene rings is 1.